The average Bonchev–Trinajstić information content (AvgIpc) is 3.21. The van der Waals surface area contributed by atoms with Gasteiger partial charge in [0.25, 0.3) is 11.8 Å². The molecule has 8 heteroatoms. The van der Waals surface area contributed by atoms with Crippen LogP contribution in [0.2, 0.25) is 0 Å². The summed E-state index contributed by atoms with van der Waals surface area (Å²) in [5.74, 6) is -0.904. The molecule has 0 aliphatic rings. The summed E-state index contributed by atoms with van der Waals surface area (Å²) < 4.78 is 4.86. The Bertz CT molecular complexity index is 1290. The Kier molecular flexibility index (Phi) is 4.67. The van der Waals surface area contributed by atoms with Crippen molar-refractivity contribution in [2.24, 2.45) is 7.05 Å². The van der Waals surface area contributed by atoms with Gasteiger partial charge in [0.2, 0.25) is 0 Å². The highest BCUT2D eigenvalue weighted by Gasteiger charge is 2.17. The van der Waals surface area contributed by atoms with Gasteiger partial charge >= 0.3 is 5.69 Å². The summed E-state index contributed by atoms with van der Waals surface area (Å²) in [6.07, 6.45) is 1.71. The van der Waals surface area contributed by atoms with Gasteiger partial charge in [-0.1, -0.05) is 30.3 Å². The lowest BCUT2D eigenvalue weighted by atomic mass is 10.2. The number of aryl methyl sites for hydroxylation is 2. The molecular formula is C21H21N5O3. The van der Waals surface area contributed by atoms with Crippen LogP contribution in [-0.4, -0.2) is 25.5 Å². The number of hydrogen-bond acceptors (Lipinski definition) is 3. The van der Waals surface area contributed by atoms with Crippen molar-refractivity contribution in [3.8, 4) is 0 Å². The number of fused-ring (bicyclic) bond motifs is 2. The predicted molar refractivity (Wildman–Crippen MR) is 110 cm³/mol. The summed E-state index contributed by atoms with van der Waals surface area (Å²) in [5.41, 5.74) is 7.41. The second-order valence-corrected chi connectivity index (χ2v) is 6.77. The third kappa shape index (κ3) is 3.18. The van der Waals surface area contributed by atoms with Crippen molar-refractivity contribution in [1.29, 1.82) is 0 Å². The number of nitrogens with one attached hydrogen (secondary N) is 2. The lowest BCUT2D eigenvalue weighted by Crippen LogP contribution is -2.44. The molecule has 0 spiro atoms. The Morgan fingerprint density at radius 3 is 2.21 bits per heavy atom. The van der Waals surface area contributed by atoms with Gasteiger partial charge in [-0.2, -0.15) is 0 Å². The molecule has 0 unspecified atom stereocenters. The van der Waals surface area contributed by atoms with Crippen molar-refractivity contribution < 1.29 is 9.59 Å². The Balaban J connectivity index is 1.51. The van der Waals surface area contributed by atoms with Crippen LogP contribution in [0, 0.1) is 0 Å². The maximum atomic E-state index is 12.6. The number of hydrogen-bond donors (Lipinski definition) is 2. The van der Waals surface area contributed by atoms with Crippen molar-refractivity contribution in [2.75, 3.05) is 0 Å². The first kappa shape index (κ1) is 18.5. The van der Waals surface area contributed by atoms with Crippen molar-refractivity contribution in [3.63, 3.8) is 0 Å². The van der Waals surface area contributed by atoms with Crippen molar-refractivity contribution in [1.82, 2.24) is 24.6 Å². The first-order valence-corrected chi connectivity index (χ1v) is 9.32. The highest BCUT2D eigenvalue weighted by atomic mass is 16.2. The molecule has 2 aromatic carbocycles. The standard InChI is InChI=1S/C21H21N5O3/c1-3-25-17-10-6-7-11-18(17)26(21(25)29)13-19(27)22-23-20(28)15-12-24(2)16-9-5-4-8-14(15)16/h4-12H,3,13H2,1-2H3,(H,22,27)(H,23,28). The zero-order chi connectivity index (χ0) is 20.5. The number of carbonyl (C=O) groups excluding carboxylic acids is 2. The van der Waals surface area contributed by atoms with Crippen LogP contribution >= 0.6 is 0 Å². The van der Waals surface area contributed by atoms with Crippen LogP contribution in [0.1, 0.15) is 17.3 Å². The number of imidazole rings is 1. The Morgan fingerprint density at radius 1 is 0.897 bits per heavy atom. The van der Waals surface area contributed by atoms with E-state index < -0.39 is 11.8 Å². The Hall–Kier alpha value is -3.81. The number of hydrazine groups is 1. The fourth-order valence-electron chi connectivity index (χ4n) is 3.63. The average molecular weight is 391 g/mol. The minimum absolute atomic E-state index is 0.192. The highest BCUT2D eigenvalue weighted by molar-refractivity contribution is 6.07. The van der Waals surface area contributed by atoms with E-state index in [0.29, 0.717) is 17.6 Å². The molecule has 0 atom stereocenters. The lowest BCUT2D eigenvalue weighted by molar-refractivity contribution is -0.122. The van der Waals surface area contributed by atoms with E-state index >= 15 is 0 Å². The van der Waals surface area contributed by atoms with E-state index in [0.717, 1.165) is 16.4 Å². The van der Waals surface area contributed by atoms with Crippen molar-refractivity contribution >= 4 is 33.8 Å². The third-order valence-corrected chi connectivity index (χ3v) is 5.00. The molecule has 0 aliphatic carbocycles. The van der Waals surface area contributed by atoms with Gasteiger partial charge in [-0.3, -0.25) is 29.6 Å². The lowest BCUT2D eigenvalue weighted by Gasteiger charge is -2.07. The molecule has 2 amide bonds. The summed E-state index contributed by atoms with van der Waals surface area (Å²) in [4.78, 5) is 37.6. The molecule has 0 saturated carbocycles. The number of rotatable bonds is 4. The van der Waals surface area contributed by atoms with Crippen molar-refractivity contribution in [2.45, 2.75) is 20.0 Å². The van der Waals surface area contributed by atoms with Gasteiger partial charge < -0.3 is 4.57 Å². The van der Waals surface area contributed by atoms with E-state index in [-0.39, 0.29) is 12.2 Å². The van der Waals surface area contributed by atoms with E-state index in [1.54, 1.807) is 16.8 Å². The third-order valence-electron chi connectivity index (χ3n) is 5.00. The fourth-order valence-corrected chi connectivity index (χ4v) is 3.63. The smallest absolute Gasteiger partial charge is 0.329 e. The molecule has 2 N–H and O–H groups in total. The van der Waals surface area contributed by atoms with Crippen LogP contribution in [-0.2, 0) is 24.9 Å². The predicted octanol–water partition coefficient (Wildman–Crippen LogP) is 1.78. The first-order chi connectivity index (χ1) is 14.0. The molecule has 2 aromatic heterocycles. The molecule has 0 fully saturated rings. The van der Waals surface area contributed by atoms with E-state index in [1.165, 1.54) is 4.57 Å². The number of nitrogens with zero attached hydrogens (tertiary/aromatic N) is 3. The van der Waals surface area contributed by atoms with Crippen LogP contribution < -0.4 is 16.5 Å². The maximum Gasteiger partial charge on any atom is 0.329 e. The molecule has 2 heterocycles. The number of benzene rings is 2. The van der Waals surface area contributed by atoms with E-state index in [2.05, 4.69) is 10.9 Å². The quantitative estimate of drug-likeness (QED) is 0.520. The van der Waals surface area contributed by atoms with Crippen LogP contribution in [0.3, 0.4) is 0 Å². The molecule has 8 nitrogen and oxygen atoms in total. The zero-order valence-corrected chi connectivity index (χ0v) is 16.2. The second-order valence-electron chi connectivity index (χ2n) is 6.77. The molecule has 0 bridgehead atoms. The Morgan fingerprint density at radius 2 is 1.52 bits per heavy atom. The maximum absolute atomic E-state index is 12.6. The van der Waals surface area contributed by atoms with E-state index in [9.17, 15) is 14.4 Å². The van der Waals surface area contributed by atoms with Gasteiger partial charge in [-0.05, 0) is 25.1 Å². The zero-order valence-electron chi connectivity index (χ0n) is 16.2. The number of aromatic nitrogens is 3. The second kappa shape index (κ2) is 7.31. The minimum Gasteiger partial charge on any atom is -0.350 e. The highest BCUT2D eigenvalue weighted by Crippen LogP contribution is 2.19. The molecule has 4 rings (SSSR count). The van der Waals surface area contributed by atoms with Gasteiger partial charge in [0.1, 0.15) is 6.54 Å². The summed E-state index contributed by atoms with van der Waals surface area (Å²) >= 11 is 0. The van der Waals surface area contributed by atoms with Crippen LogP contribution in [0.15, 0.2) is 59.5 Å². The summed E-state index contributed by atoms with van der Waals surface area (Å²) in [7, 11) is 1.85. The summed E-state index contributed by atoms with van der Waals surface area (Å²) in [6, 6.07) is 14.8. The number of para-hydroxylation sites is 3. The molecule has 4 aromatic rings. The number of amides is 2. The minimum atomic E-state index is -0.486. The van der Waals surface area contributed by atoms with Crippen LogP contribution in [0.4, 0.5) is 0 Å². The van der Waals surface area contributed by atoms with Crippen LogP contribution in [0.5, 0.6) is 0 Å². The van der Waals surface area contributed by atoms with E-state index in [1.807, 2.05) is 61.0 Å². The molecule has 0 aliphatic heterocycles. The molecule has 148 valence electrons. The van der Waals surface area contributed by atoms with E-state index in [4.69, 9.17) is 0 Å². The topological polar surface area (TPSA) is 90.1 Å². The van der Waals surface area contributed by atoms with Crippen molar-refractivity contribution in [3.05, 3.63) is 70.8 Å². The van der Waals surface area contributed by atoms with Gasteiger partial charge in [-0.25, -0.2) is 4.79 Å². The van der Waals surface area contributed by atoms with Gasteiger partial charge in [0, 0.05) is 30.7 Å². The van der Waals surface area contributed by atoms with Gasteiger partial charge in [-0.15, -0.1) is 0 Å². The Labute approximate surface area is 166 Å². The summed E-state index contributed by atoms with van der Waals surface area (Å²) in [6.45, 7) is 2.19. The monoisotopic (exact) mass is 391 g/mol. The molecule has 0 saturated heterocycles. The largest absolute Gasteiger partial charge is 0.350 e. The normalized spacial score (nSPS) is 11.1. The first-order valence-electron chi connectivity index (χ1n) is 9.32. The summed E-state index contributed by atoms with van der Waals surface area (Å²) in [5, 5.41) is 0.795. The SMILES string of the molecule is CCn1c(=O)n(CC(=O)NNC(=O)c2cn(C)c3ccccc23)c2ccccc21. The van der Waals surface area contributed by atoms with Gasteiger partial charge in [0.05, 0.1) is 16.6 Å². The molecule has 29 heavy (non-hydrogen) atoms. The van der Waals surface area contributed by atoms with Crippen LogP contribution in [0.25, 0.3) is 21.9 Å². The number of carbonyl (C=O) groups is 2. The van der Waals surface area contributed by atoms with Gasteiger partial charge in [0.15, 0.2) is 0 Å². The fraction of sp³-hybridized carbons (Fsp3) is 0.190. The molecule has 0 radical (unpaired) electrons. The molecular weight excluding hydrogens is 370 g/mol.